The van der Waals surface area contributed by atoms with Crippen molar-refractivity contribution in [3.63, 3.8) is 0 Å². The molecule has 0 unspecified atom stereocenters. The number of hydrogen-bond acceptors (Lipinski definition) is 4. The summed E-state index contributed by atoms with van der Waals surface area (Å²) in [6, 6.07) is 6.73. The van der Waals surface area contributed by atoms with Gasteiger partial charge in [-0.15, -0.1) is 6.58 Å². The van der Waals surface area contributed by atoms with Crippen molar-refractivity contribution >= 4 is 0 Å². The fourth-order valence-electron chi connectivity index (χ4n) is 3.05. The third-order valence-electron chi connectivity index (χ3n) is 4.09. The van der Waals surface area contributed by atoms with E-state index in [1.807, 2.05) is 6.07 Å². The zero-order valence-corrected chi connectivity index (χ0v) is 12.7. The van der Waals surface area contributed by atoms with Crippen LogP contribution in [0.5, 0.6) is 11.5 Å². The monoisotopic (exact) mass is 288 g/mol. The lowest BCUT2D eigenvalue weighted by molar-refractivity contribution is 0.164. The average Bonchev–Trinajstić information content (AvgIpc) is 2.53. The number of fused-ring (bicyclic) bond motifs is 1. The van der Waals surface area contributed by atoms with Crippen molar-refractivity contribution in [3.05, 3.63) is 35.9 Å². The van der Waals surface area contributed by atoms with Crippen molar-refractivity contribution in [2.24, 2.45) is 0 Å². The van der Waals surface area contributed by atoms with Crippen molar-refractivity contribution in [3.8, 4) is 11.5 Å². The maximum atomic E-state index is 5.73. The van der Waals surface area contributed by atoms with Crippen LogP contribution in [0.1, 0.15) is 24.9 Å². The van der Waals surface area contributed by atoms with Gasteiger partial charge in [-0.1, -0.05) is 11.6 Å². The van der Waals surface area contributed by atoms with Gasteiger partial charge in [0.2, 0.25) is 0 Å². The van der Waals surface area contributed by atoms with Crippen LogP contribution in [0.2, 0.25) is 0 Å². The van der Waals surface area contributed by atoms with Gasteiger partial charge in [0.15, 0.2) is 11.5 Å². The Morgan fingerprint density at radius 3 is 2.67 bits per heavy atom. The molecule has 21 heavy (non-hydrogen) atoms. The molecule has 0 aliphatic carbocycles. The summed E-state index contributed by atoms with van der Waals surface area (Å²) in [5, 5.41) is 3.42. The first kappa shape index (κ1) is 14.4. The van der Waals surface area contributed by atoms with E-state index in [-0.39, 0.29) is 0 Å². The Morgan fingerprint density at radius 1 is 1.24 bits per heavy atom. The molecule has 3 rings (SSSR count). The second kappa shape index (κ2) is 6.50. The van der Waals surface area contributed by atoms with E-state index in [1.54, 1.807) is 0 Å². The van der Waals surface area contributed by atoms with Crippen LogP contribution in [-0.4, -0.2) is 44.3 Å². The summed E-state index contributed by atoms with van der Waals surface area (Å²) in [6.07, 6.45) is 0.986. The molecule has 1 aromatic rings. The van der Waals surface area contributed by atoms with Crippen LogP contribution in [0, 0.1) is 0 Å². The van der Waals surface area contributed by atoms with E-state index < -0.39 is 0 Å². The van der Waals surface area contributed by atoms with E-state index in [0.717, 1.165) is 44.1 Å². The second-order valence-electron chi connectivity index (χ2n) is 5.87. The molecule has 0 spiro atoms. The zero-order chi connectivity index (χ0) is 14.7. The van der Waals surface area contributed by atoms with Crippen LogP contribution < -0.4 is 14.8 Å². The summed E-state index contributed by atoms with van der Waals surface area (Å²) in [5.74, 6) is 1.74. The molecule has 114 valence electrons. The molecular formula is C17H24N2O2. The molecule has 4 heteroatoms. The van der Waals surface area contributed by atoms with Gasteiger partial charge >= 0.3 is 0 Å². The minimum Gasteiger partial charge on any atom is -0.486 e. The Kier molecular flexibility index (Phi) is 4.46. The van der Waals surface area contributed by atoms with Gasteiger partial charge < -0.3 is 14.8 Å². The summed E-state index contributed by atoms with van der Waals surface area (Å²) < 4.78 is 11.3. The minimum atomic E-state index is 0.375. The molecule has 1 N–H and O–H groups in total. The largest absolute Gasteiger partial charge is 0.486 e. The zero-order valence-electron chi connectivity index (χ0n) is 12.7. The summed E-state index contributed by atoms with van der Waals surface area (Å²) >= 11 is 0. The van der Waals surface area contributed by atoms with Gasteiger partial charge in [0.05, 0.1) is 0 Å². The lowest BCUT2D eigenvalue weighted by atomic mass is 9.97. The maximum absolute atomic E-state index is 5.73. The molecular weight excluding hydrogens is 264 g/mol. The van der Waals surface area contributed by atoms with E-state index in [9.17, 15) is 0 Å². The van der Waals surface area contributed by atoms with Gasteiger partial charge in [0.25, 0.3) is 0 Å². The predicted octanol–water partition coefficient (Wildman–Crippen LogP) is 2.37. The number of nitrogens with zero attached hydrogens (tertiary/aromatic N) is 1. The third-order valence-corrected chi connectivity index (χ3v) is 4.09. The molecule has 1 aromatic carbocycles. The number of benzene rings is 1. The van der Waals surface area contributed by atoms with Crippen molar-refractivity contribution < 1.29 is 9.47 Å². The third kappa shape index (κ3) is 3.39. The van der Waals surface area contributed by atoms with E-state index in [0.29, 0.717) is 19.3 Å². The van der Waals surface area contributed by atoms with E-state index in [2.05, 4.69) is 35.9 Å². The van der Waals surface area contributed by atoms with E-state index in [1.165, 1.54) is 11.1 Å². The number of nitrogens with one attached hydrogen (secondary N) is 1. The Morgan fingerprint density at radius 2 is 1.95 bits per heavy atom. The number of ether oxygens (including phenoxy) is 2. The number of hydrogen-bond donors (Lipinski definition) is 1. The molecule has 2 heterocycles. The highest BCUT2D eigenvalue weighted by atomic mass is 16.6. The SMILES string of the molecule is C=C(C)C[C@H](c1ccc2c(c1)OCCO2)N1CCNCC1. The smallest absolute Gasteiger partial charge is 0.161 e. The summed E-state index contributed by atoms with van der Waals surface area (Å²) in [5.41, 5.74) is 2.51. The van der Waals surface area contributed by atoms with Gasteiger partial charge in [-0.2, -0.15) is 0 Å². The molecule has 2 aliphatic rings. The quantitative estimate of drug-likeness (QED) is 0.863. The molecule has 0 saturated carbocycles. The topological polar surface area (TPSA) is 33.7 Å². The first-order valence-electron chi connectivity index (χ1n) is 7.73. The Bertz CT molecular complexity index is 510. The fourth-order valence-corrected chi connectivity index (χ4v) is 3.05. The number of piperazine rings is 1. The van der Waals surface area contributed by atoms with Crippen LogP contribution in [0.4, 0.5) is 0 Å². The summed E-state index contributed by atoms with van der Waals surface area (Å²) in [6.45, 7) is 11.7. The highest BCUT2D eigenvalue weighted by Crippen LogP contribution is 2.36. The van der Waals surface area contributed by atoms with E-state index >= 15 is 0 Å². The highest BCUT2D eigenvalue weighted by Gasteiger charge is 2.24. The van der Waals surface area contributed by atoms with Gasteiger partial charge in [0, 0.05) is 32.2 Å². The predicted molar refractivity (Wildman–Crippen MR) is 84.0 cm³/mol. The van der Waals surface area contributed by atoms with E-state index in [4.69, 9.17) is 9.47 Å². The van der Waals surface area contributed by atoms with Crippen LogP contribution in [0.15, 0.2) is 30.4 Å². The van der Waals surface area contributed by atoms with Crippen molar-refractivity contribution in [1.82, 2.24) is 10.2 Å². The van der Waals surface area contributed by atoms with Crippen molar-refractivity contribution in [2.75, 3.05) is 39.4 Å². The molecule has 0 bridgehead atoms. The summed E-state index contributed by atoms with van der Waals surface area (Å²) in [4.78, 5) is 2.54. The van der Waals surface area contributed by atoms with Gasteiger partial charge in [-0.25, -0.2) is 0 Å². The number of rotatable bonds is 4. The molecule has 4 nitrogen and oxygen atoms in total. The molecule has 0 radical (unpaired) electrons. The normalized spacial score (nSPS) is 20.0. The molecule has 1 saturated heterocycles. The van der Waals surface area contributed by atoms with Crippen molar-refractivity contribution in [1.29, 1.82) is 0 Å². The Hall–Kier alpha value is -1.52. The molecule has 1 atom stereocenters. The van der Waals surface area contributed by atoms with Crippen molar-refractivity contribution in [2.45, 2.75) is 19.4 Å². The molecule has 2 aliphatic heterocycles. The molecule has 0 amide bonds. The fraction of sp³-hybridized carbons (Fsp3) is 0.529. The minimum absolute atomic E-state index is 0.375. The van der Waals surface area contributed by atoms with Crippen LogP contribution in [0.25, 0.3) is 0 Å². The van der Waals surface area contributed by atoms with Crippen LogP contribution >= 0.6 is 0 Å². The Balaban J connectivity index is 1.86. The standard InChI is InChI=1S/C17H24N2O2/c1-13(2)11-15(19-7-5-18-6-8-19)14-3-4-16-17(12-14)21-10-9-20-16/h3-4,12,15,18H,1,5-11H2,2H3/t15-/m1/s1. The first-order valence-corrected chi connectivity index (χ1v) is 7.73. The highest BCUT2D eigenvalue weighted by molar-refractivity contribution is 5.45. The lowest BCUT2D eigenvalue weighted by Crippen LogP contribution is -2.45. The Labute approximate surface area is 126 Å². The van der Waals surface area contributed by atoms with Gasteiger partial charge in [-0.05, 0) is 31.0 Å². The van der Waals surface area contributed by atoms with Gasteiger partial charge in [-0.3, -0.25) is 4.90 Å². The first-order chi connectivity index (χ1) is 10.2. The second-order valence-corrected chi connectivity index (χ2v) is 5.87. The molecule has 1 fully saturated rings. The maximum Gasteiger partial charge on any atom is 0.161 e. The molecule has 0 aromatic heterocycles. The van der Waals surface area contributed by atoms with Crippen LogP contribution in [-0.2, 0) is 0 Å². The van der Waals surface area contributed by atoms with Gasteiger partial charge in [0.1, 0.15) is 13.2 Å². The van der Waals surface area contributed by atoms with Crippen LogP contribution in [0.3, 0.4) is 0 Å². The average molecular weight is 288 g/mol. The summed E-state index contributed by atoms with van der Waals surface area (Å²) in [7, 11) is 0. The lowest BCUT2D eigenvalue weighted by Gasteiger charge is -2.36.